The Hall–Kier alpha value is -0.0426. The Labute approximate surface area is 63.6 Å². The van der Waals surface area contributed by atoms with Gasteiger partial charge < -0.3 is 4.90 Å². The summed E-state index contributed by atoms with van der Waals surface area (Å²) in [6.07, 6.45) is 5.07. The van der Waals surface area contributed by atoms with Crippen LogP contribution in [0.4, 0.5) is 0 Å². The molecule has 0 spiro atoms. The van der Waals surface area contributed by atoms with Crippen molar-refractivity contribution in [3.8, 4) is 12.5 Å². The fourth-order valence-electron chi connectivity index (χ4n) is 0.406. The van der Waals surface area contributed by atoms with Gasteiger partial charge in [-0.15, -0.1) is 0 Å². The van der Waals surface area contributed by atoms with E-state index >= 15 is 0 Å². The predicted molar refractivity (Wildman–Crippen MR) is 38.9 cm³/mol. The molecule has 0 saturated heterocycles. The van der Waals surface area contributed by atoms with Crippen LogP contribution in [0.2, 0.25) is 0 Å². The van der Waals surface area contributed by atoms with Crippen molar-refractivity contribution in [2.45, 2.75) is 13.8 Å². The van der Waals surface area contributed by atoms with Crippen LogP contribution in [0.3, 0.4) is 0 Å². The van der Waals surface area contributed by atoms with Crippen molar-refractivity contribution in [3.05, 3.63) is 0 Å². The van der Waals surface area contributed by atoms with Crippen molar-refractivity contribution in [1.82, 2.24) is 4.90 Å². The van der Waals surface area contributed by atoms with Crippen molar-refractivity contribution in [1.29, 1.82) is 0 Å². The first-order chi connectivity index (χ1) is 3.35. The number of hydrogen-bond acceptors (Lipinski definition) is 1. The van der Waals surface area contributed by atoms with E-state index in [4.69, 9.17) is 6.42 Å². The quantitative estimate of drug-likeness (QED) is 0.277. The monoisotopic (exact) mass is 105 g/mol. The van der Waals surface area contributed by atoms with Crippen LogP contribution in [-0.4, -0.2) is 36.9 Å². The molecule has 0 bridgehead atoms. The maximum absolute atomic E-state index is 5.07. The van der Waals surface area contributed by atoms with Gasteiger partial charge in [0.1, 0.15) is 0 Å². The summed E-state index contributed by atoms with van der Waals surface area (Å²) in [5.74, 6) is 0. The molecule has 2 heteroatoms. The average Bonchev–Trinajstić information content (AvgIpc) is 1.72. The van der Waals surface area contributed by atoms with E-state index in [-0.39, 0.29) is 18.9 Å². The average molecular weight is 105 g/mol. The third-order valence-corrected chi connectivity index (χ3v) is 0.946. The van der Waals surface area contributed by atoms with Crippen LogP contribution in [0.25, 0.3) is 0 Å². The summed E-state index contributed by atoms with van der Waals surface area (Å²) < 4.78 is 0. The Morgan fingerprint density at radius 1 is 1.38 bits per heavy atom. The molecule has 0 aliphatic carbocycles. The van der Waals surface area contributed by atoms with Crippen LogP contribution in [0.5, 0.6) is 0 Å². The van der Waals surface area contributed by atoms with Crippen LogP contribution in [-0.2, 0) is 0 Å². The van der Waals surface area contributed by atoms with Gasteiger partial charge in [-0.25, -0.2) is 0 Å². The van der Waals surface area contributed by atoms with Gasteiger partial charge in [0.25, 0.3) is 0 Å². The second-order valence-electron chi connectivity index (χ2n) is 1.30. The SMILES string of the molecule is C#CN(CC)CC.[LiH]. The standard InChI is InChI=1S/C6H11N.Li.H/c1-4-7(5-2)6-3;;/h1H,5-6H2,2-3H3;;. The Bertz CT molecular complexity index is 71.1. The Morgan fingerprint density at radius 3 is 1.75 bits per heavy atom. The molecule has 0 aliphatic heterocycles. The maximum atomic E-state index is 5.07. The van der Waals surface area contributed by atoms with E-state index in [1.165, 1.54) is 0 Å². The van der Waals surface area contributed by atoms with Gasteiger partial charge >= 0.3 is 18.9 Å². The summed E-state index contributed by atoms with van der Waals surface area (Å²) in [7, 11) is 0. The van der Waals surface area contributed by atoms with Gasteiger partial charge in [-0.05, 0) is 13.8 Å². The van der Waals surface area contributed by atoms with E-state index in [0.717, 1.165) is 13.1 Å². The van der Waals surface area contributed by atoms with Crippen LogP contribution in [0.15, 0.2) is 0 Å². The van der Waals surface area contributed by atoms with E-state index in [9.17, 15) is 0 Å². The van der Waals surface area contributed by atoms with Gasteiger partial charge in [-0.3, -0.25) is 0 Å². The predicted octanol–water partition coefficient (Wildman–Crippen LogP) is 0.270. The molecular formula is C6H12LiN. The minimum atomic E-state index is 0. The molecule has 1 nitrogen and oxygen atoms in total. The Kier molecular flexibility index (Phi) is 9.44. The van der Waals surface area contributed by atoms with Gasteiger partial charge in [0.15, 0.2) is 0 Å². The summed E-state index contributed by atoms with van der Waals surface area (Å²) in [4.78, 5) is 1.90. The molecule has 0 N–H and O–H groups in total. The van der Waals surface area contributed by atoms with Crippen molar-refractivity contribution >= 4 is 18.9 Å². The van der Waals surface area contributed by atoms with Crippen molar-refractivity contribution in [2.75, 3.05) is 13.1 Å². The molecule has 0 aromatic carbocycles. The molecule has 0 unspecified atom stereocenters. The fraction of sp³-hybridized carbons (Fsp3) is 0.667. The molecule has 0 atom stereocenters. The summed E-state index contributed by atoms with van der Waals surface area (Å²) in [6.45, 7) is 5.99. The van der Waals surface area contributed by atoms with Gasteiger partial charge in [-0.1, -0.05) is 6.42 Å². The first kappa shape index (κ1) is 10.9. The zero-order valence-corrected chi connectivity index (χ0v) is 4.94. The van der Waals surface area contributed by atoms with Crippen molar-refractivity contribution in [3.63, 3.8) is 0 Å². The molecule has 0 radical (unpaired) electrons. The Morgan fingerprint density at radius 2 is 1.75 bits per heavy atom. The topological polar surface area (TPSA) is 3.24 Å². The second-order valence-corrected chi connectivity index (χ2v) is 1.30. The van der Waals surface area contributed by atoms with Crippen LogP contribution in [0.1, 0.15) is 13.8 Å². The van der Waals surface area contributed by atoms with Crippen LogP contribution >= 0.6 is 0 Å². The molecule has 0 aromatic rings. The first-order valence-corrected chi connectivity index (χ1v) is 2.56. The van der Waals surface area contributed by atoms with E-state index in [1.807, 2.05) is 18.7 Å². The van der Waals surface area contributed by atoms with Gasteiger partial charge in [-0.2, -0.15) is 0 Å². The van der Waals surface area contributed by atoms with Crippen molar-refractivity contribution < 1.29 is 0 Å². The van der Waals surface area contributed by atoms with E-state index < -0.39 is 0 Å². The molecule has 0 rings (SSSR count). The van der Waals surface area contributed by atoms with Crippen LogP contribution < -0.4 is 0 Å². The summed E-state index contributed by atoms with van der Waals surface area (Å²) >= 11 is 0. The molecule has 0 aromatic heterocycles. The third kappa shape index (κ3) is 4.13. The van der Waals surface area contributed by atoms with Gasteiger partial charge in [0, 0.05) is 19.1 Å². The van der Waals surface area contributed by atoms with E-state index in [1.54, 1.807) is 0 Å². The number of terminal acetylenes is 1. The Balaban J connectivity index is 0. The molecule has 0 fully saturated rings. The summed E-state index contributed by atoms with van der Waals surface area (Å²) in [6, 6.07) is 2.53. The molecule has 8 heavy (non-hydrogen) atoms. The van der Waals surface area contributed by atoms with Crippen LogP contribution in [0, 0.1) is 12.5 Å². The fourth-order valence-corrected chi connectivity index (χ4v) is 0.406. The number of hydrogen-bond donors (Lipinski definition) is 0. The summed E-state index contributed by atoms with van der Waals surface area (Å²) in [5.41, 5.74) is 0. The number of rotatable bonds is 2. The molecule has 0 amide bonds. The molecule has 0 saturated carbocycles. The zero-order valence-electron chi connectivity index (χ0n) is 4.94. The third-order valence-electron chi connectivity index (χ3n) is 0.946. The first-order valence-electron chi connectivity index (χ1n) is 2.56. The molecular weight excluding hydrogens is 93.0 g/mol. The molecule has 42 valence electrons. The normalized spacial score (nSPS) is 6.62. The molecule has 0 heterocycles. The summed E-state index contributed by atoms with van der Waals surface area (Å²) in [5, 5.41) is 0. The van der Waals surface area contributed by atoms with E-state index in [2.05, 4.69) is 6.04 Å². The van der Waals surface area contributed by atoms with Crippen molar-refractivity contribution in [2.24, 2.45) is 0 Å². The van der Waals surface area contributed by atoms with Gasteiger partial charge in [0.05, 0.1) is 0 Å². The zero-order chi connectivity index (χ0) is 5.70. The number of nitrogens with zero attached hydrogens (tertiary/aromatic N) is 1. The minimum absolute atomic E-state index is 0. The molecule has 0 aliphatic rings. The van der Waals surface area contributed by atoms with E-state index in [0.29, 0.717) is 0 Å². The second kappa shape index (κ2) is 6.96. The van der Waals surface area contributed by atoms with Gasteiger partial charge in [0.2, 0.25) is 0 Å².